The van der Waals surface area contributed by atoms with Crippen LogP contribution in [0.3, 0.4) is 0 Å². The maximum absolute atomic E-state index is 2.08. The van der Waals surface area contributed by atoms with Crippen molar-refractivity contribution in [2.75, 3.05) is 0 Å². The molecule has 0 N–H and O–H groups in total. The molecule has 0 aromatic rings. The zero-order valence-corrected chi connectivity index (χ0v) is 4.50. The van der Waals surface area contributed by atoms with E-state index in [1.54, 1.807) is 0 Å². The quantitative estimate of drug-likeness (QED) is 0.265. The van der Waals surface area contributed by atoms with Crippen LogP contribution in [0, 0.1) is 5.92 Å². The van der Waals surface area contributed by atoms with E-state index in [9.17, 15) is 0 Å². The van der Waals surface area contributed by atoms with Crippen LogP contribution in [0.1, 0.15) is 28.2 Å². The fourth-order valence-corrected chi connectivity index (χ4v) is 0. The summed E-state index contributed by atoms with van der Waals surface area (Å²) >= 11 is 0. The topological polar surface area (TPSA) is 0 Å². The van der Waals surface area contributed by atoms with E-state index in [0.717, 1.165) is 0 Å². The van der Waals surface area contributed by atoms with Crippen LogP contribution in [0.2, 0.25) is 0 Å². The average molecular weight is 80.1 g/mol. The molecule has 6 heavy (non-hydrogen) atoms. The summed E-state index contributed by atoms with van der Waals surface area (Å²) in [7, 11) is 0. The van der Waals surface area contributed by atoms with Crippen LogP contribution < -0.4 is 18.9 Å². The normalized spacial score (nSPS) is 6.00. The number of hydrogen-bond acceptors (Lipinski definition) is 0. The second-order valence-corrected chi connectivity index (χ2v) is 1.50. The summed E-state index contributed by atoms with van der Waals surface area (Å²) in [6.07, 6.45) is 0. The first-order valence-electron chi connectivity index (χ1n) is 1.50. The van der Waals surface area contributed by atoms with Crippen LogP contribution in [0.4, 0.5) is 0 Å². The largest absolute Gasteiger partial charge is 1.00 e. The van der Waals surface area contributed by atoms with Crippen molar-refractivity contribution in [2.45, 2.75) is 28.2 Å². The molecule has 0 nitrogen and oxygen atoms in total. The van der Waals surface area contributed by atoms with Gasteiger partial charge in [-0.3, -0.25) is 0 Å². The molecule has 0 aliphatic heterocycles. The van der Waals surface area contributed by atoms with Gasteiger partial charge in [-0.1, -0.05) is 7.43 Å². The van der Waals surface area contributed by atoms with Crippen LogP contribution >= 0.6 is 0 Å². The second-order valence-electron chi connectivity index (χ2n) is 1.50. The van der Waals surface area contributed by atoms with E-state index < -0.39 is 0 Å². The first-order valence-corrected chi connectivity index (χ1v) is 1.50. The standard InChI is InChI=1S/C4H9.CH4.Li/c1-4(2)3;;/h1-3H3;1H4;/q-1;;+1. The first-order chi connectivity index (χ1) is 1.73. The van der Waals surface area contributed by atoms with Crippen molar-refractivity contribution in [1.82, 2.24) is 0 Å². The minimum Gasteiger partial charge on any atom is -0.323 e. The van der Waals surface area contributed by atoms with Crippen molar-refractivity contribution in [1.29, 1.82) is 0 Å². The van der Waals surface area contributed by atoms with Crippen molar-refractivity contribution in [2.24, 2.45) is 0 Å². The second kappa shape index (κ2) is 9.14. The molecular formula is C5H13Li. The Kier molecular flexibility index (Phi) is 24.3. The van der Waals surface area contributed by atoms with E-state index in [1.807, 2.05) is 0 Å². The van der Waals surface area contributed by atoms with E-state index in [2.05, 4.69) is 20.8 Å². The van der Waals surface area contributed by atoms with Crippen LogP contribution in [-0.4, -0.2) is 0 Å². The van der Waals surface area contributed by atoms with Crippen molar-refractivity contribution in [3.63, 3.8) is 0 Å². The molecule has 0 aromatic carbocycles. The SMILES string of the molecule is C.C[C-](C)C.[Li+]. The van der Waals surface area contributed by atoms with Gasteiger partial charge in [0.2, 0.25) is 0 Å². The zero-order valence-electron chi connectivity index (χ0n) is 4.50. The molecule has 0 rings (SSSR count). The van der Waals surface area contributed by atoms with Crippen LogP contribution in [0.5, 0.6) is 0 Å². The maximum Gasteiger partial charge on any atom is 1.00 e. The molecule has 0 saturated carbocycles. The van der Waals surface area contributed by atoms with E-state index in [0.29, 0.717) is 0 Å². The van der Waals surface area contributed by atoms with E-state index in [-0.39, 0.29) is 26.3 Å². The monoisotopic (exact) mass is 80.1 g/mol. The molecule has 34 valence electrons. The Morgan fingerprint density at radius 1 is 1.00 bits per heavy atom. The smallest absolute Gasteiger partial charge is 0.323 e. The molecule has 0 saturated heterocycles. The summed E-state index contributed by atoms with van der Waals surface area (Å²) in [5, 5.41) is 0. The minimum absolute atomic E-state index is 0. The summed E-state index contributed by atoms with van der Waals surface area (Å²) in [4.78, 5) is 0. The van der Waals surface area contributed by atoms with Crippen molar-refractivity contribution >= 4 is 0 Å². The van der Waals surface area contributed by atoms with Crippen LogP contribution in [0.15, 0.2) is 0 Å². The average Bonchev–Trinajstić information content (AvgIpc) is 0.811. The first kappa shape index (κ1) is 16.0. The summed E-state index contributed by atoms with van der Waals surface area (Å²) in [5.41, 5.74) is 0. The molecule has 0 fully saturated rings. The Morgan fingerprint density at radius 2 is 1.00 bits per heavy atom. The molecule has 0 heterocycles. The van der Waals surface area contributed by atoms with Crippen molar-refractivity contribution in [3.8, 4) is 0 Å². The minimum atomic E-state index is 0. The maximum atomic E-state index is 2.08. The summed E-state index contributed by atoms with van der Waals surface area (Å²) in [6, 6.07) is 0. The molecule has 0 aliphatic carbocycles. The zero-order chi connectivity index (χ0) is 3.58. The van der Waals surface area contributed by atoms with Gasteiger partial charge in [-0.2, -0.15) is 20.8 Å². The molecule has 0 atom stereocenters. The van der Waals surface area contributed by atoms with Crippen molar-refractivity contribution < 1.29 is 18.9 Å². The van der Waals surface area contributed by atoms with Gasteiger partial charge >= 0.3 is 18.9 Å². The van der Waals surface area contributed by atoms with Gasteiger partial charge in [-0.25, -0.2) is 0 Å². The fourth-order valence-electron chi connectivity index (χ4n) is 0. The molecule has 0 aliphatic rings. The van der Waals surface area contributed by atoms with Gasteiger partial charge in [0.1, 0.15) is 0 Å². The Morgan fingerprint density at radius 3 is 1.00 bits per heavy atom. The predicted octanol–water partition coefficient (Wildman–Crippen LogP) is -0.739. The molecule has 0 amide bonds. The predicted molar refractivity (Wildman–Crippen MR) is 27.0 cm³/mol. The molecule has 1 heteroatoms. The van der Waals surface area contributed by atoms with E-state index in [4.69, 9.17) is 0 Å². The number of rotatable bonds is 0. The molecule has 0 bridgehead atoms. The summed E-state index contributed by atoms with van der Waals surface area (Å²) < 4.78 is 0. The molecule has 0 unspecified atom stereocenters. The Labute approximate surface area is 53.5 Å². The summed E-state index contributed by atoms with van der Waals surface area (Å²) in [5.74, 6) is 1.42. The molecule has 0 radical (unpaired) electrons. The Balaban J connectivity index is -0.0000000450. The van der Waals surface area contributed by atoms with Crippen LogP contribution in [0.25, 0.3) is 0 Å². The Hall–Kier alpha value is 0.597. The van der Waals surface area contributed by atoms with Gasteiger partial charge in [0.05, 0.1) is 0 Å². The third kappa shape index (κ3) is 167. The van der Waals surface area contributed by atoms with Gasteiger partial charge in [-0.15, -0.1) is 0 Å². The van der Waals surface area contributed by atoms with E-state index >= 15 is 0 Å². The molecule has 0 spiro atoms. The third-order valence-electron chi connectivity index (χ3n) is 0. The summed E-state index contributed by atoms with van der Waals surface area (Å²) in [6.45, 7) is 6.25. The van der Waals surface area contributed by atoms with E-state index in [1.165, 1.54) is 5.92 Å². The van der Waals surface area contributed by atoms with Gasteiger partial charge in [0, 0.05) is 0 Å². The third-order valence-corrected chi connectivity index (χ3v) is 0. The van der Waals surface area contributed by atoms with Crippen molar-refractivity contribution in [3.05, 3.63) is 5.92 Å². The number of hydrogen-bond donors (Lipinski definition) is 0. The van der Waals surface area contributed by atoms with Gasteiger partial charge in [-0.05, 0) is 0 Å². The molecule has 0 aromatic heterocycles. The van der Waals surface area contributed by atoms with Gasteiger partial charge < -0.3 is 5.92 Å². The van der Waals surface area contributed by atoms with Gasteiger partial charge in [0.15, 0.2) is 0 Å². The Bertz CT molecular complexity index is 8.66. The molecular weight excluding hydrogens is 67.0 g/mol. The van der Waals surface area contributed by atoms with Gasteiger partial charge in [0.25, 0.3) is 0 Å². The fraction of sp³-hybridized carbons (Fsp3) is 0.800. The van der Waals surface area contributed by atoms with Crippen LogP contribution in [-0.2, 0) is 0 Å².